The summed E-state index contributed by atoms with van der Waals surface area (Å²) in [6.07, 6.45) is 9.69. The number of ether oxygens (including phenoxy) is 1. The Balaban J connectivity index is 1.21. The smallest absolute Gasteiger partial charge is 0.246 e. The van der Waals surface area contributed by atoms with Crippen molar-refractivity contribution in [2.24, 2.45) is 11.7 Å². The summed E-state index contributed by atoms with van der Waals surface area (Å²) in [6, 6.07) is 19.9. The summed E-state index contributed by atoms with van der Waals surface area (Å²) in [4.78, 5) is 42.1. The first kappa shape index (κ1) is 33.2. The fourth-order valence-corrected chi connectivity index (χ4v) is 7.44. The van der Waals surface area contributed by atoms with Gasteiger partial charge in [0.1, 0.15) is 23.6 Å². The van der Waals surface area contributed by atoms with E-state index in [1.165, 1.54) is 6.42 Å². The number of amides is 3. The standard InChI is InChI=1S/C40H46N4O4/c1-25-22-26(2)48-36-24-28(19-20-29(25)36)42-38(45)34(18-10-11-21-41)43-39(46)35(23-27-12-4-3-5-13-27)44-40(47)37-32-16-8-6-14-30(32)31-15-7-9-17-33(31)37/h6-9,14-17,19-20,22,24,27,34-35,37H,2-5,10-13,18,21,23,41H2,1H3,(H,42,45)(H,43,46)(H,44,47). The van der Waals surface area contributed by atoms with E-state index in [0.717, 1.165) is 65.5 Å². The van der Waals surface area contributed by atoms with Crippen LogP contribution < -0.4 is 26.4 Å². The predicted octanol–water partition coefficient (Wildman–Crippen LogP) is 6.82. The summed E-state index contributed by atoms with van der Waals surface area (Å²) in [6.45, 7) is 6.39. The SMILES string of the molecule is C=C1C=C(C)c2ccc(NC(=O)C(CCCCN)NC(=O)C(CC3CCCCC3)NC(=O)C3c4ccccc4-c4ccccc43)cc2O1. The van der Waals surface area contributed by atoms with E-state index in [0.29, 0.717) is 48.9 Å². The molecule has 0 aromatic heterocycles. The molecule has 3 aromatic carbocycles. The molecule has 3 aromatic rings. The van der Waals surface area contributed by atoms with Crippen LogP contribution in [0.15, 0.2) is 85.1 Å². The third-order valence-electron chi connectivity index (χ3n) is 9.90. The monoisotopic (exact) mass is 646 g/mol. The predicted molar refractivity (Wildman–Crippen MR) is 190 cm³/mol. The molecule has 3 aliphatic rings. The van der Waals surface area contributed by atoms with E-state index in [4.69, 9.17) is 10.5 Å². The van der Waals surface area contributed by atoms with Gasteiger partial charge in [-0.1, -0.05) is 87.2 Å². The maximum absolute atomic E-state index is 14.2. The summed E-state index contributed by atoms with van der Waals surface area (Å²) in [5, 5.41) is 9.17. The average Bonchev–Trinajstić information content (AvgIpc) is 3.42. The van der Waals surface area contributed by atoms with Crippen LogP contribution in [0, 0.1) is 5.92 Å². The Morgan fingerprint density at radius 3 is 2.23 bits per heavy atom. The second-order valence-corrected chi connectivity index (χ2v) is 13.3. The number of carbonyl (C=O) groups is 3. The Morgan fingerprint density at radius 2 is 1.54 bits per heavy atom. The molecule has 250 valence electrons. The summed E-state index contributed by atoms with van der Waals surface area (Å²) in [7, 11) is 0. The Kier molecular flexibility index (Phi) is 10.4. The second kappa shape index (κ2) is 15.0. The van der Waals surface area contributed by atoms with Crippen molar-refractivity contribution in [2.75, 3.05) is 11.9 Å². The van der Waals surface area contributed by atoms with Gasteiger partial charge in [0.15, 0.2) is 0 Å². The second-order valence-electron chi connectivity index (χ2n) is 13.3. The highest BCUT2D eigenvalue weighted by Gasteiger charge is 2.36. The summed E-state index contributed by atoms with van der Waals surface area (Å²) < 4.78 is 5.81. The maximum atomic E-state index is 14.2. The lowest BCUT2D eigenvalue weighted by molar-refractivity contribution is -0.131. The van der Waals surface area contributed by atoms with Crippen molar-refractivity contribution < 1.29 is 19.1 Å². The van der Waals surface area contributed by atoms with Crippen molar-refractivity contribution in [1.82, 2.24) is 10.6 Å². The molecule has 48 heavy (non-hydrogen) atoms. The maximum Gasteiger partial charge on any atom is 0.246 e. The lowest BCUT2D eigenvalue weighted by Crippen LogP contribution is -2.53. The largest absolute Gasteiger partial charge is 0.457 e. The topological polar surface area (TPSA) is 123 Å². The van der Waals surface area contributed by atoms with E-state index in [-0.39, 0.29) is 17.7 Å². The lowest BCUT2D eigenvalue weighted by atomic mass is 9.84. The Bertz CT molecular complexity index is 1680. The minimum Gasteiger partial charge on any atom is -0.457 e. The van der Waals surface area contributed by atoms with Crippen LogP contribution in [0.5, 0.6) is 5.75 Å². The third kappa shape index (κ3) is 7.39. The zero-order valence-electron chi connectivity index (χ0n) is 27.7. The van der Waals surface area contributed by atoms with E-state index < -0.39 is 18.0 Å². The minimum atomic E-state index is -0.809. The van der Waals surface area contributed by atoms with E-state index in [9.17, 15) is 14.4 Å². The molecule has 0 spiro atoms. The van der Waals surface area contributed by atoms with Crippen LogP contribution in [0.1, 0.15) is 87.3 Å². The zero-order chi connectivity index (χ0) is 33.6. The van der Waals surface area contributed by atoms with Gasteiger partial charge in [-0.25, -0.2) is 0 Å². The van der Waals surface area contributed by atoms with Crippen molar-refractivity contribution in [3.05, 3.63) is 102 Å². The van der Waals surface area contributed by atoms with Gasteiger partial charge in [0, 0.05) is 17.3 Å². The first-order chi connectivity index (χ1) is 23.3. The number of benzene rings is 3. The number of hydrogen-bond donors (Lipinski definition) is 4. The minimum absolute atomic E-state index is 0.201. The number of rotatable bonds is 12. The number of hydrogen-bond acceptors (Lipinski definition) is 5. The fourth-order valence-electron chi connectivity index (χ4n) is 7.44. The molecule has 6 rings (SSSR count). The number of fused-ring (bicyclic) bond motifs is 4. The lowest BCUT2D eigenvalue weighted by Gasteiger charge is -2.29. The molecule has 8 nitrogen and oxygen atoms in total. The van der Waals surface area contributed by atoms with Gasteiger partial charge in [0.05, 0.1) is 5.92 Å². The highest BCUT2D eigenvalue weighted by atomic mass is 16.5. The normalized spacial score (nSPS) is 16.8. The van der Waals surface area contributed by atoms with Crippen LogP contribution in [-0.4, -0.2) is 36.3 Å². The Hall–Kier alpha value is -4.69. The average molecular weight is 647 g/mol. The molecule has 0 saturated heterocycles. The molecule has 1 aliphatic heterocycles. The van der Waals surface area contributed by atoms with Gasteiger partial charge in [-0.2, -0.15) is 0 Å². The van der Waals surface area contributed by atoms with E-state index >= 15 is 0 Å². The molecule has 0 bridgehead atoms. The summed E-state index contributed by atoms with van der Waals surface area (Å²) in [5.74, 6) is 0.0925. The first-order valence-corrected chi connectivity index (χ1v) is 17.3. The molecular weight excluding hydrogens is 600 g/mol. The molecule has 2 unspecified atom stereocenters. The number of allylic oxidation sites excluding steroid dienone is 2. The van der Waals surface area contributed by atoms with Crippen LogP contribution in [0.4, 0.5) is 5.69 Å². The fraction of sp³-hybridized carbons (Fsp3) is 0.375. The van der Waals surface area contributed by atoms with Crippen molar-refractivity contribution in [3.63, 3.8) is 0 Å². The number of unbranched alkanes of at least 4 members (excludes halogenated alkanes) is 1. The van der Waals surface area contributed by atoms with Gasteiger partial charge in [-0.3, -0.25) is 14.4 Å². The van der Waals surface area contributed by atoms with Crippen molar-refractivity contribution >= 4 is 29.0 Å². The highest BCUT2D eigenvalue weighted by molar-refractivity contribution is 6.01. The molecule has 1 saturated carbocycles. The molecule has 5 N–H and O–H groups in total. The van der Waals surface area contributed by atoms with Gasteiger partial charge in [0.25, 0.3) is 0 Å². The van der Waals surface area contributed by atoms with Gasteiger partial charge in [-0.05, 0) is 91.1 Å². The number of nitrogens with one attached hydrogen (secondary N) is 3. The van der Waals surface area contributed by atoms with Crippen LogP contribution in [-0.2, 0) is 14.4 Å². The quantitative estimate of drug-likeness (QED) is 0.161. The highest BCUT2D eigenvalue weighted by Crippen LogP contribution is 2.44. The molecule has 1 fully saturated rings. The van der Waals surface area contributed by atoms with E-state index in [1.54, 1.807) is 6.07 Å². The number of nitrogens with two attached hydrogens (primary N) is 1. The van der Waals surface area contributed by atoms with E-state index in [1.807, 2.05) is 73.7 Å². The molecule has 1 heterocycles. The van der Waals surface area contributed by atoms with Gasteiger partial charge in [0.2, 0.25) is 17.7 Å². The molecule has 8 heteroatoms. The number of anilines is 1. The van der Waals surface area contributed by atoms with Crippen molar-refractivity contribution in [2.45, 2.75) is 82.7 Å². The third-order valence-corrected chi connectivity index (χ3v) is 9.90. The summed E-state index contributed by atoms with van der Waals surface area (Å²) >= 11 is 0. The van der Waals surface area contributed by atoms with Crippen molar-refractivity contribution in [3.8, 4) is 16.9 Å². The number of carbonyl (C=O) groups excluding carboxylic acids is 3. The first-order valence-electron chi connectivity index (χ1n) is 17.3. The molecule has 0 radical (unpaired) electrons. The van der Waals surface area contributed by atoms with Gasteiger partial charge in [-0.15, -0.1) is 0 Å². The van der Waals surface area contributed by atoms with Crippen LogP contribution in [0.3, 0.4) is 0 Å². The van der Waals surface area contributed by atoms with Crippen LogP contribution in [0.2, 0.25) is 0 Å². The van der Waals surface area contributed by atoms with Crippen molar-refractivity contribution in [1.29, 1.82) is 0 Å². The van der Waals surface area contributed by atoms with E-state index in [2.05, 4.69) is 22.5 Å². The molecular formula is C40H46N4O4. The molecule has 2 aliphatic carbocycles. The van der Waals surface area contributed by atoms with Gasteiger partial charge < -0.3 is 26.4 Å². The Morgan fingerprint density at radius 1 is 0.854 bits per heavy atom. The van der Waals surface area contributed by atoms with Crippen LogP contribution >= 0.6 is 0 Å². The summed E-state index contributed by atoms with van der Waals surface area (Å²) in [5.41, 5.74) is 12.3. The Labute approximate surface area is 283 Å². The molecule has 3 amide bonds. The zero-order valence-corrected chi connectivity index (χ0v) is 27.7. The van der Waals surface area contributed by atoms with Gasteiger partial charge >= 0.3 is 0 Å². The van der Waals surface area contributed by atoms with Crippen LogP contribution in [0.25, 0.3) is 16.7 Å². The molecule has 2 atom stereocenters.